The van der Waals surface area contributed by atoms with E-state index in [0.29, 0.717) is 5.75 Å². The molecule has 7 nitrogen and oxygen atoms in total. The van der Waals surface area contributed by atoms with E-state index < -0.39 is 0 Å². The number of nitrogens with zero attached hydrogens (tertiary/aromatic N) is 3. The molecule has 1 heterocycles. The van der Waals surface area contributed by atoms with Gasteiger partial charge in [0, 0.05) is 17.3 Å². The lowest BCUT2D eigenvalue weighted by molar-refractivity contribution is -0.123. The number of aromatic nitrogens is 2. The molecule has 160 valence electrons. The first-order chi connectivity index (χ1) is 15.7. The number of carbonyl (C=O) groups is 1. The van der Waals surface area contributed by atoms with Gasteiger partial charge in [0.1, 0.15) is 17.2 Å². The smallest absolute Gasteiger partial charge is 0.277 e. The zero-order valence-corrected chi connectivity index (χ0v) is 17.5. The third-order valence-corrected chi connectivity index (χ3v) is 4.63. The van der Waals surface area contributed by atoms with Gasteiger partial charge in [0.2, 0.25) is 0 Å². The van der Waals surface area contributed by atoms with Crippen LogP contribution in [0.1, 0.15) is 5.56 Å². The van der Waals surface area contributed by atoms with Gasteiger partial charge in [-0.05, 0) is 36.4 Å². The highest BCUT2D eigenvalue weighted by atomic mass is 16.5. The number of hydrogen-bond acceptors (Lipinski definition) is 5. The van der Waals surface area contributed by atoms with Gasteiger partial charge in [0.25, 0.3) is 5.91 Å². The minimum atomic E-state index is -0.367. The number of amides is 1. The number of rotatable bonds is 8. The molecule has 0 saturated carbocycles. The average molecular weight is 426 g/mol. The molecular formula is C25H22N4O3. The maximum absolute atomic E-state index is 12.1. The Morgan fingerprint density at radius 1 is 0.969 bits per heavy atom. The van der Waals surface area contributed by atoms with Gasteiger partial charge < -0.3 is 9.47 Å². The topological polar surface area (TPSA) is 77.7 Å². The monoisotopic (exact) mass is 426 g/mol. The number of methoxy groups -OCH3 is 1. The highest BCUT2D eigenvalue weighted by molar-refractivity contribution is 5.89. The van der Waals surface area contributed by atoms with Crippen LogP contribution in [0.4, 0.5) is 0 Å². The van der Waals surface area contributed by atoms with Gasteiger partial charge in [-0.25, -0.2) is 10.1 Å². The average Bonchev–Trinajstić information content (AvgIpc) is 3.28. The Morgan fingerprint density at radius 3 is 2.31 bits per heavy atom. The van der Waals surface area contributed by atoms with Crippen molar-refractivity contribution in [1.82, 2.24) is 15.2 Å². The summed E-state index contributed by atoms with van der Waals surface area (Å²) in [6.07, 6.45) is 3.46. The zero-order chi connectivity index (χ0) is 22.2. The van der Waals surface area contributed by atoms with Crippen molar-refractivity contribution in [3.63, 3.8) is 0 Å². The van der Waals surface area contributed by atoms with Crippen LogP contribution in [-0.2, 0) is 4.79 Å². The molecule has 0 bridgehead atoms. The zero-order valence-electron chi connectivity index (χ0n) is 17.5. The molecule has 1 aromatic heterocycles. The van der Waals surface area contributed by atoms with E-state index in [2.05, 4.69) is 10.5 Å². The van der Waals surface area contributed by atoms with Crippen LogP contribution in [0.25, 0.3) is 16.9 Å². The lowest BCUT2D eigenvalue weighted by Crippen LogP contribution is -2.24. The Balaban J connectivity index is 1.45. The second-order valence-corrected chi connectivity index (χ2v) is 6.84. The number of hydrazone groups is 1. The van der Waals surface area contributed by atoms with Crippen molar-refractivity contribution in [2.24, 2.45) is 5.10 Å². The molecule has 1 N–H and O–H groups in total. The predicted molar refractivity (Wildman–Crippen MR) is 123 cm³/mol. The third-order valence-electron chi connectivity index (χ3n) is 4.63. The Kier molecular flexibility index (Phi) is 6.57. The van der Waals surface area contributed by atoms with Gasteiger partial charge in [0.05, 0.1) is 19.0 Å². The SMILES string of the molecule is COc1ccc(OCC(=O)N/N=C\c2cn(-c3ccccc3)nc2-c2ccccc2)cc1. The van der Waals surface area contributed by atoms with Gasteiger partial charge in [-0.2, -0.15) is 10.2 Å². The van der Waals surface area contributed by atoms with Crippen LogP contribution in [-0.4, -0.2) is 35.6 Å². The highest BCUT2D eigenvalue weighted by Gasteiger charge is 2.11. The molecule has 32 heavy (non-hydrogen) atoms. The Hall–Kier alpha value is -4.39. The molecule has 7 heteroatoms. The normalized spacial score (nSPS) is 10.8. The molecule has 0 aliphatic rings. The maximum atomic E-state index is 12.1. The Bertz CT molecular complexity index is 1190. The highest BCUT2D eigenvalue weighted by Crippen LogP contribution is 2.22. The van der Waals surface area contributed by atoms with Crippen LogP contribution in [0.15, 0.2) is 96.2 Å². The summed E-state index contributed by atoms with van der Waals surface area (Å²) in [4.78, 5) is 12.1. The van der Waals surface area contributed by atoms with Crippen molar-refractivity contribution in [3.05, 3.63) is 96.7 Å². The molecule has 0 radical (unpaired) electrons. The lowest BCUT2D eigenvalue weighted by Gasteiger charge is -2.05. The van der Waals surface area contributed by atoms with E-state index in [0.717, 1.165) is 28.3 Å². The maximum Gasteiger partial charge on any atom is 0.277 e. The number of hydrogen-bond donors (Lipinski definition) is 1. The van der Waals surface area contributed by atoms with E-state index in [1.165, 1.54) is 0 Å². The van der Waals surface area contributed by atoms with E-state index >= 15 is 0 Å². The summed E-state index contributed by atoms with van der Waals surface area (Å²) in [6.45, 7) is -0.154. The second-order valence-electron chi connectivity index (χ2n) is 6.84. The standard InChI is InChI=1S/C25H22N4O3/c1-31-22-12-14-23(15-13-22)32-18-24(30)27-26-16-20-17-29(21-10-6-3-7-11-21)28-25(20)19-8-4-2-5-9-19/h2-17H,18H2,1H3,(H,27,30)/b26-16-. The van der Waals surface area contributed by atoms with Crippen molar-refractivity contribution < 1.29 is 14.3 Å². The van der Waals surface area contributed by atoms with Gasteiger partial charge in [0.15, 0.2) is 6.61 Å². The van der Waals surface area contributed by atoms with Crippen LogP contribution in [0.5, 0.6) is 11.5 Å². The fourth-order valence-corrected chi connectivity index (χ4v) is 3.04. The largest absolute Gasteiger partial charge is 0.497 e. The number of ether oxygens (including phenoxy) is 2. The Morgan fingerprint density at radius 2 is 1.62 bits per heavy atom. The van der Waals surface area contributed by atoms with Crippen LogP contribution in [0.2, 0.25) is 0 Å². The van der Waals surface area contributed by atoms with Crippen molar-refractivity contribution in [2.45, 2.75) is 0 Å². The first kappa shape index (κ1) is 20.9. The second kappa shape index (κ2) is 10.1. The van der Waals surface area contributed by atoms with Crippen LogP contribution in [0, 0.1) is 0 Å². The quantitative estimate of drug-likeness (QED) is 0.340. The minimum absolute atomic E-state index is 0.154. The lowest BCUT2D eigenvalue weighted by atomic mass is 10.1. The summed E-state index contributed by atoms with van der Waals surface area (Å²) < 4.78 is 12.4. The van der Waals surface area contributed by atoms with Crippen LogP contribution < -0.4 is 14.9 Å². The molecule has 0 unspecified atom stereocenters. The summed E-state index contributed by atoms with van der Waals surface area (Å²) in [5, 5.41) is 8.81. The molecule has 1 amide bonds. The summed E-state index contributed by atoms with van der Waals surface area (Å²) in [5.74, 6) is 0.922. The molecule has 0 spiro atoms. The van der Waals surface area contributed by atoms with E-state index in [4.69, 9.17) is 14.6 Å². The van der Waals surface area contributed by atoms with Crippen LogP contribution in [0.3, 0.4) is 0 Å². The number of benzene rings is 3. The molecule has 0 saturated heterocycles. The van der Waals surface area contributed by atoms with Gasteiger partial charge in [-0.3, -0.25) is 4.79 Å². The summed E-state index contributed by atoms with van der Waals surface area (Å²) in [5.41, 5.74) is 5.92. The predicted octanol–water partition coefficient (Wildman–Crippen LogP) is 4.08. The fraction of sp³-hybridized carbons (Fsp3) is 0.0800. The fourth-order valence-electron chi connectivity index (χ4n) is 3.04. The first-order valence-electron chi connectivity index (χ1n) is 10.0. The van der Waals surface area contributed by atoms with Crippen molar-refractivity contribution >= 4 is 12.1 Å². The van der Waals surface area contributed by atoms with Gasteiger partial charge in [-0.15, -0.1) is 0 Å². The van der Waals surface area contributed by atoms with Crippen LogP contribution >= 0.6 is 0 Å². The first-order valence-corrected chi connectivity index (χ1v) is 10.0. The van der Waals surface area contributed by atoms with E-state index in [1.807, 2.05) is 66.9 Å². The molecular weight excluding hydrogens is 404 g/mol. The molecule has 4 rings (SSSR count). The van der Waals surface area contributed by atoms with E-state index in [1.54, 1.807) is 42.3 Å². The number of para-hydroxylation sites is 1. The molecule has 0 aliphatic heterocycles. The Labute approximate surface area is 185 Å². The minimum Gasteiger partial charge on any atom is -0.497 e. The van der Waals surface area contributed by atoms with Crippen molar-refractivity contribution in [1.29, 1.82) is 0 Å². The van der Waals surface area contributed by atoms with Gasteiger partial charge in [-0.1, -0.05) is 48.5 Å². The van der Waals surface area contributed by atoms with Crippen molar-refractivity contribution in [3.8, 4) is 28.4 Å². The molecule has 4 aromatic rings. The van der Waals surface area contributed by atoms with E-state index in [-0.39, 0.29) is 12.5 Å². The van der Waals surface area contributed by atoms with Gasteiger partial charge >= 0.3 is 0 Å². The molecule has 0 aliphatic carbocycles. The summed E-state index contributed by atoms with van der Waals surface area (Å²) in [6, 6.07) is 26.6. The molecule has 0 fully saturated rings. The molecule has 0 atom stereocenters. The summed E-state index contributed by atoms with van der Waals surface area (Å²) in [7, 11) is 1.59. The summed E-state index contributed by atoms with van der Waals surface area (Å²) >= 11 is 0. The number of carbonyl (C=O) groups excluding carboxylic acids is 1. The third kappa shape index (κ3) is 5.20. The van der Waals surface area contributed by atoms with E-state index in [9.17, 15) is 4.79 Å². The van der Waals surface area contributed by atoms with Crippen molar-refractivity contribution in [2.75, 3.05) is 13.7 Å². The number of nitrogens with one attached hydrogen (secondary N) is 1. The molecule has 3 aromatic carbocycles.